The SMILES string of the molecule is CCN(C1CCNC1)C1CCCOC1. The van der Waals surface area contributed by atoms with Crippen LogP contribution in [0.3, 0.4) is 0 Å². The standard InChI is InChI=1S/C11H22N2O/c1-2-13(10-5-6-12-8-10)11-4-3-7-14-9-11/h10-12H,2-9H2,1H3. The molecule has 0 bridgehead atoms. The topological polar surface area (TPSA) is 24.5 Å². The monoisotopic (exact) mass is 198 g/mol. The molecule has 0 aromatic rings. The van der Waals surface area contributed by atoms with Gasteiger partial charge in [0.05, 0.1) is 6.61 Å². The molecule has 2 aliphatic heterocycles. The normalized spacial score (nSPS) is 33.9. The van der Waals surface area contributed by atoms with Crippen LogP contribution in [0.4, 0.5) is 0 Å². The molecule has 0 aromatic heterocycles. The molecule has 3 nitrogen and oxygen atoms in total. The lowest BCUT2D eigenvalue weighted by atomic mass is 10.1. The van der Waals surface area contributed by atoms with Crippen molar-refractivity contribution in [2.45, 2.75) is 38.3 Å². The minimum atomic E-state index is 0.679. The van der Waals surface area contributed by atoms with Crippen LogP contribution < -0.4 is 5.32 Å². The molecular weight excluding hydrogens is 176 g/mol. The second-order valence-electron chi connectivity index (χ2n) is 4.35. The van der Waals surface area contributed by atoms with E-state index in [2.05, 4.69) is 17.1 Å². The highest BCUT2D eigenvalue weighted by Gasteiger charge is 2.28. The predicted molar refractivity (Wildman–Crippen MR) is 57.5 cm³/mol. The first-order valence-corrected chi connectivity index (χ1v) is 5.96. The minimum absolute atomic E-state index is 0.679. The van der Waals surface area contributed by atoms with Crippen LogP contribution in [-0.4, -0.2) is 49.8 Å². The van der Waals surface area contributed by atoms with Crippen molar-refractivity contribution in [2.24, 2.45) is 0 Å². The number of rotatable bonds is 3. The highest BCUT2D eigenvalue weighted by Crippen LogP contribution is 2.18. The molecule has 2 unspecified atom stereocenters. The van der Waals surface area contributed by atoms with Crippen molar-refractivity contribution < 1.29 is 4.74 Å². The Labute approximate surface area is 86.8 Å². The number of hydrogen-bond acceptors (Lipinski definition) is 3. The molecule has 2 atom stereocenters. The van der Waals surface area contributed by atoms with Gasteiger partial charge in [0.2, 0.25) is 0 Å². The summed E-state index contributed by atoms with van der Waals surface area (Å²) in [6.45, 7) is 7.72. The van der Waals surface area contributed by atoms with E-state index in [1.807, 2.05) is 0 Å². The Balaban J connectivity index is 1.89. The molecule has 0 aliphatic carbocycles. The first-order valence-electron chi connectivity index (χ1n) is 5.96. The summed E-state index contributed by atoms with van der Waals surface area (Å²) in [5, 5.41) is 3.44. The molecule has 0 amide bonds. The van der Waals surface area contributed by atoms with Crippen molar-refractivity contribution in [1.82, 2.24) is 10.2 Å². The Morgan fingerprint density at radius 1 is 1.36 bits per heavy atom. The summed E-state index contributed by atoms with van der Waals surface area (Å²) in [7, 11) is 0. The van der Waals surface area contributed by atoms with Crippen LogP contribution >= 0.6 is 0 Å². The number of nitrogens with one attached hydrogen (secondary N) is 1. The number of nitrogens with zero attached hydrogens (tertiary/aromatic N) is 1. The maximum absolute atomic E-state index is 5.56. The van der Waals surface area contributed by atoms with E-state index in [0.717, 1.165) is 19.3 Å². The lowest BCUT2D eigenvalue weighted by molar-refractivity contribution is 0.00546. The van der Waals surface area contributed by atoms with Crippen LogP contribution in [0.1, 0.15) is 26.2 Å². The largest absolute Gasteiger partial charge is 0.380 e. The molecule has 0 aromatic carbocycles. The lowest BCUT2D eigenvalue weighted by Gasteiger charge is -2.37. The third-order valence-electron chi connectivity index (χ3n) is 3.47. The van der Waals surface area contributed by atoms with Crippen molar-refractivity contribution >= 4 is 0 Å². The highest BCUT2D eigenvalue weighted by molar-refractivity contribution is 4.85. The van der Waals surface area contributed by atoms with Crippen LogP contribution in [0.15, 0.2) is 0 Å². The van der Waals surface area contributed by atoms with E-state index in [-0.39, 0.29) is 0 Å². The third-order valence-corrected chi connectivity index (χ3v) is 3.47. The van der Waals surface area contributed by atoms with Crippen LogP contribution in [0.25, 0.3) is 0 Å². The third kappa shape index (κ3) is 2.27. The Morgan fingerprint density at radius 2 is 2.29 bits per heavy atom. The fraction of sp³-hybridized carbons (Fsp3) is 1.00. The number of hydrogen-bond donors (Lipinski definition) is 1. The smallest absolute Gasteiger partial charge is 0.0621 e. The Kier molecular flexibility index (Phi) is 3.79. The zero-order valence-electron chi connectivity index (χ0n) is 9.17. The van der Waals surface area contributed by atoms with Gasteiger partial charge in [-0.15, -0.1) is 0 Å². The predicted octanol–water partition coefficient (Wildman–Crippen LogP) is 0.849. The Morgan fingerprint density at radius 3 is 2.86 bits per heavy atom. The van der Waals surface area contributed by atoms with E-state index in [4.69, 9.17) is 4.74 Å². The van der Waals surface area contributed by atoms with E-state index >= 15 is 0 Å². The van der Waals surface area contributed by atoms with Crippen molar-refractivity contribution in [3.63, 3.8) is 0 Å². The fourth-order valence-electron chi connectivity index (χ4n) is 2.72. The average Bonchev–Trinajstić information content (AvgIpc) is 2.74. The summed E-state index contributed by atoms with van der Waals surface area (Å²) in [4.78, 5) is 2.64. The molecule has 14 heavy (non-hydrogen) atoms. The van der Waals surface area contributed by atoms with E-state index in [1.165, 1.54) is 38.9 Å². The molecule has 2 saturated heterocycles. The zero-order chi connectivity index (χ0) is 9.80. The van der Waals surface area contributed by atoms with Crippen molar-refractivity contribution in [2.75, 3.05) is 32.8 Å². The van der Waals surface area contributed by atoms with Gasteiger partial charge in [0.15, 0.2) is 0 Å². The van der Waals surface area contributed by atoms with E-state index < -0.39 is 0 Å². The van der Waals surface area contributed by atoms with Crippen LogP contribution in [0.5, 0.6) is 0 Å². The van der Waals surface area contributed by atoms with Gasteiger partial charge < -0.3 is 10.1 Å². The summed E-state index contributed by atoms with van der Waals surface area (Å²) in [5.41, 5.74) is 0. The summed E-state index contributed by atoms with van der Waals surface area (Å²) >= 11 is 0. The summed E-state index contributed by atoms with van der Waals surface area (Å²) in [6, 6.07) is 1.44. The summed E-state index contributed by atoms with van der Waals surface area (Å²) in [6.07, 6.45) is 3.87. The Bertz CT molecular complexity index is 163. The van der Waals surface area contributed by atoms with Crippen molar-refractivity contribution in [3.05, 3.63) is 0 Å². The quantitative estimate of drug-likeness (QED) is 0.727. The molecule has 2 aliphatic rings. The van der Waals surface area contributed by atoms with Crippen molar-refractivity contribution in [1.29, 1.82) is 0 Å². The van der Waals surface area contributed by atoms with Gasteiger partial charge >= 0.3 is 0 Å². The van der Waals surface area contributed by atoms with Gasteiger partial charge in [-0.3, -0.25) is 4.90 Å². The van der Waals surface area contributed by atoms with Gasteiger partial charge in [0, 0.05) is 25.2 Å². The second-order valence-corrected chi connectivity index (χ2v) is 4.35. The van der Waals surface area contributed by atoms with Crippen molar-refractivity contribution in [3.8, 4) is 0 Å². The maximum atomic E-state index is 5.56. The maximum Gasteiger partial charge on any atom is 0.0621 e. The van der Waals surface area contributed by atoms with Gasteiger partial charge in [-0.2, -0.15) is 0 Å². The molecule has 0 radical (unpaired) electrons. The van der Waals surface area contributed by atoms with E-state index in [9.17, 15) is 0 Å². The molecule has 1 N–H and O–H groups in total. The minimum Gasteiger partial charge on any atom is -0.380 e. The van der Waals surface area contributed by atoms with Crippen LogP contribution in [0.2, 0.25) is 0 Å². The molecule has 82 valence electrons. The average molecular weight is 198 g/mol. The van der Waals surface area contributed by atoms with Gasteiger partial charge in [-0.05, 0) is 32.4 Å². The molecule has 2 fully saturated rings. The van der Waals surface area contributed by atoms with Gasteiger partial charge in [0.25, 0.3) is 0 Å². The Hall–Kier alpha value is -0.120. The van der Waals surface area contributed by atoms with Gasteiger partial charge in [-0.1, -0.05) is 6.92 Å². The first-order chi connectivity index (χ1) is 6.92. The molecular formula is C11H22N2O. The van der Waals surface area contributed by atoms with Crippen LogP contribution in [0, 0.1) is 0 Å². The zero-order valence-corrected chi connectivity index (χ0v) is 9.17. The molecule has 3 heteroatoms. The fourth-order valence-corrected chi connectivity index (χ4v) is 2.72. The van der Waals surface area contributed by atoms with E-state index in [0.29, 0.717) is 6.04 Å². The number of likely N-dealkylation sites (N-methyl/N-ethyl adjacent to an activating group) is 1. The van der Waals surface area contributed by atoms with E-state index in [1.54, 1.807) is 0 Å². The second kappa shape index (κ2) is 5.10. The summed E-state index contributed by atoms with van der Waals surface area (Å²) < 4.78 is 5.56. The van der Waals surface area contributed by atoms with Crippen LogP contribution in [-0.2, 0) is 4.74 Å². The molecule has 0 spiro atoms. The summed E-state index contributed by atoms with van der Waals surface area (Å²) in [5.74, 6) is 0. The first kappa shape index (κ1) is 10.4. The number of ether oxygens (including phenoxy) is 1. The molecule has 2 heterocycles. The highest BCUT2D eigenvalue weighted by atomic mass is 16.5. The van der Waals surface area contributed by atoms with Gasteiger partial charge in [-0.25, -0.2) is 0 Å². The molecule has 2 rings (SSSR count). The van der Waals surface area contributed by atoms with Gasteiger partial charge in [0.1, 0.15) is 0 Å². The lowest BCUT2D eigenvalue weighted by Crippen LogP contribution is -2.47. The molecule has 0 saturated carbocycles.